The summed E-state index contributed by atoms with van der Waals surface area (Å²) in [6.45, 7) is 3.97. The number of thiazole rings is 1. The van der Waals surface area contributed by atoms with Gasteiger partial charge in [0.05, 0.1) is 22.3 Å². The number of aryl methyl sites for hydroxylation is 2. The molecular formula is C11H12F3N3OS. The van der Waals surface area contributed by atoms with Gasteiger partial charge in [0.1, 0.15) is 6.61 Å². The summed E-state index contributed by atoms with van der Waals surface area (Å²) < 4.78 is 45.1. The highest BCUT2D eigenvalue weighted by molar-refractivity contribution is 7.11. The van der Waals surface area contributed by atoms with E-state index in [9.17, 15) is 13.2 Å². The predicted octanol–water partition coefficient (Wildman–Crippen LogP) is 3.27. The molecule has 0 atom stereocenters. The van der Waals surface area contributed by atoms with Crippen molar-refractivity contribution in [2.45, 2.75) is 33.2 Å². The number of ether oxygens (including phenoxy) is 1. The van der Waals surface area contributed by atoms with Gasteiger partial charge in [-0.15, -0.1) is 11.3 Å². The van der Waals surface area contributed by atoms with Crippen LogP contribution in [0.25, 0.3) is 0 Å². The van der Waals surface area contributed by atoms with Crippen LogP contribution < -0.4 is 4.74 Å². The average Bonchev–Trinajstić information content (AvgIpc) is 2.91. The fourth-order valence-electron chi connectivity index (χ4n) is 1.53. The minimum Gasteiger partial charge on any atom is -0.485 e. The highest BCUT2D eigenvalue weighted by Crippen LogP contribution is 2.34. The Bertz CT molecular complexity index is 562. The van der Waals surface area contributed by atoms with Crippen LogP contribution >= 0.6 is 11.3 Å². The Morgan fingerprint density at radius 2 is 2.16 bits per heavy atom. The van der Waals surface area contributed by atoms with Gasteiger partial charge in [0.25, 0.3) is 0 Å². The molecule has 19 heavy (non-hydrogen) atoms. The summed E-state index contributed by atoms with van der Waals surface area (Å²) >= 11 is 0.990. The Morgan fingerprint density at radius 1 is 1.42 bits per heavy atom. The lowest BCUT2D eigenvalue weighted by Gasteiger charge is -2.06. The first kappa shape index (κ1) is 13.9. The molecule has 0 unspecified atom stereocenters. The van der Waals surface area contributed by atoms with Crippen molar-refractivity contribution in [1.82, 2.24) is 14.8 Å². The molecule has 0 amide bonds. The monoisotopic (exact) mass is 291 g/mol. The number of hydrogen-bond acceptors (Lipinski definition) is 4. The van der Waals surface area contributed by atoms with Gasteiger partial charge in [0.15, 0.2) is 11.4 Å². The van der Waals surface area contributed by atoms with Crippen molar-refractivity contribution in [2.24, 2.45) is 0 Å². The number of halogens is 3. The summed E-state index contributed by atoms with van der Waals surface area (Å²) in [6.07, 6.45) is -1.33. The molecule has 2 aromatic rings. The summed E-state index contributed by atoms with van der Waals surface area (Å²) in [7, 11) is 0. The minimum absolute atomic E-state index is 0.0780. The van der Waals surface area contributed by atoms with Crippen LogP contribution in [0.5, 0.6) is 5.75 Å². The Labute approximate surface area is 111 Å². The zero-order chi connectivity index (χ0) is 14.0. The van der Waals surface area contributed by atoms with Crippen LogP contribution in [0.15, 0.2) is 12.4 Å². The molecule has 8 heteroatoms. The van der Waals surface area contributed by atoms with E-state index in [1.54, 1.807) is 17.8 Å². The standard InChI is InChI=1S/C11H12F3N3OS/c1-3-17-5-8(4-15-17)18-6-9-10(11(12,13)14)16-7(2)19-9/h4-5H,3,6H2,1-2H3. The van der Waals surface area contributed by atoms with E-state index in [0.717, 1.165) is 11.3 Å². The van der Waals surface area contributed by atoms with Crippen LogP contribution in [0.4, 0.5) is 13.2 Å². The van der Waals surface area contributed by atoms with Crippen molar-refractivity contribution in [3.05, 3.63) is 28.0 Å². The maximum absolute atomic E-state index is 12.7. The molecule has 0 aromatic carbocycles. The van der Waals surface area contributed by atoms with E-state index >= 15 is 0 Å². The lowest BCUT2D eigenvalue weighted by molar-refractivity contribution is -0.141. The summed E-state index contributed by atoms with van der Waals surface area (Å²) in [6, 6.07) is 0. The molecular weight excluding hydrogens is 279 g/mol. The number of aromatic nitrogens is 3. The van der Waals surface area contributed by atoms with Crippen LogP contribution in [0, 0.1) is 6.92 Å². The second-order valence-corrected chi connectivity index (χ2v) is 5.11. The third kappa shape index (κ3) is 3.25. The van der Waals surface area contributed by atoms with Crippen LogP contribution in [0.2, 0.25) is 0 Å². The van der Waals surface area contributed by atoms with E-state index in [0.29, 0.717) is 17.3 Å². The van der Waals surface area contributed by atoms with E-state index in [1.807, 2.05) is 6.92 Å². The molecule has 0 saturated carbocycles. The fourth-order valence-corrected chi connectivity index (χ4v) is 2.40. The summed E-state index contributed by atoms with van der Waals surface area (Å²) in [5, 5.41) is 4.35. The quantitative estimate of drug-likeness (QED) is 0.868. The summed E-state index contributed by atoms with van der Waals surface area (Å²) in [5.74, 6) is 0.445. The zero-order valence-electron chi connectivity index (χ0n) is 10.4. The normalized spacial score (nSPS) is 11.8. The Balaban J connectivity index is 2.11. The van der Waals surface area contributed by atoms with Crippen LogP contribution in [0.3, 0.4) is 0 Å². The molecule has 0 fully saturated rings. The van der Waals surface area contributed by atoms with E-state index in [2.05, 4.69) is 10.1 Å². The van der Waals surface area contributed by atoms with Crippen molar-refractivity contribution in [2.75, 3.05) is 0 Å². The summed E-state index contributed by atoms with van der Waals surface area (Å²) in [4.78, 5) is 3.59. The molecule has 2 rings (SSSR count). The zero-order valence-corrected chi connectivity index (χ0v) is 11.2. The number of rotatable bonds is 4. The molecule has 0 bridgehead atoms. The first-order chi connectivity index (χ1) is 8.90. The second-order valence-electron chi connectivity index (χ2n) is 3.82. The van der Waals surface area contributed by atoms with E-state index in [1.165, 1.54) is 6.20 Å². The molecule has 0 spiro atoms. The van der Waals surface area contributed by atoms with Crippen molar-refractivity contribution in [1.29, 1.82) is 0 Å². The van der Waals surface area contributed by atoms with E-state index < -0.39 is 11.9 Å². The maximum Gasteiger partial charge on any atom is 0.434 e. The molecule has 0 saturated heterocycles. The number of nitrogens with zero attached hydrogens (tertiary/aromatic N) is 3. The SMILES string of the molecule is CCn1cc(OCc2sc(C)nc2C(F)(F)F)cn1. The Kier molecular flexibility index (Phi) is 3.79. The smallest absolute Gasteiger partial charge is 0.434 e. The molecule has 2 heterocycles. The Morgan fingerprint density at radius 3 is 2.74 bits per heavy atom. The molecule has 104 valence electrons. The van der Waals surface area contributed by atoms with Gasteiger partial charge in [-0.1, -0.05) is 0 Å². The van der Waals surface area contributed by atoms with Gasteiger partial charge in [-0.05, 0) is 13.8 Å². The third-order valence-electron chi connectivity index (χ3n) is 2.38. The van der Waals surface area contributed by atoms with Gasteiger partial charge >= 0.3 is 6.18 Å². The first-order valence-electron chi connectivity index (χ1n) is 5.59. The summed E-state index contributed by atoms with van der Waals surface area (Å²) in [5.41, 5.74) is -0.863. The van der Waals surface area contributed by atoms with Gasteiger partial charge in [-0.25, -0.2) is 4.98 Å². The number of alkyl halides is 3. The highest BCUT2D eigenvalue weighted by atomic mass is 32.1. The second kappa shape index (κ2) is 5.20. The lowest BCUT2D eigenvalue weighted by Crippen LogP contribution is -2.10. The van der Waals surface area contributed by atoms with Crippen LogP contribution in [-0.4, -0.2) is 14.8 Å². The molecule has 2 aromatic heterocycles. The third-order valence-corrected chi connectivity index (χ3v) is 3.32. The van der Waals surface area contributed by atoms with Crippen molar-refractivity contribution >= 4 is 11.3 Å². The van der Waals surface area contributed by atoms with Gasteiger partial charge in [-0.3, -0.25) is 4.68 Å². The van der Waals surface area contributed by atoms with Gasteiger partial charge in [0, 0.05) is 6.54 Å². The lowest BCUT2D eigenvalue weighted by atomic mass is 10.3. The topological polar surface area (TPSA) is 39.9 Å². The van der Waals surface area contributed by atoms with E-state index in [-0.39, 0.29) is 11.5 Å². The average molecular weight is 291 g/mol. The molecule has 0 radical (unpaired) electrons. The molecule has 4 nitrogen and oxygen atoms in total. The molecule has 0 aliphatic carbocycles. The van der Waals surface area contributed by atoms with E-state index in [4.69, 9.17) is 4.74 Å². The maximum atomic E-state index is 12.7. The number of hydrogen-bond donors (Lipinski definition) is 0. The van der Waals surface area contributed by atoms with Crippen LogP contribution in [0.1, 0.15) is 22.5 Å². The van der Waals surface area contributed by atoms with Gasteiger partial charge in [0.2, 0.25) is 0 Å². The van der Waals surface area contributed by atoms with Gasteiger partial charge < -0.3 is 4.74 Å². The molecule has 0 N–H and O–H groups in total. The minimum atomic E-state index is -4.45. The molecule has 0 aliphatic rings. The first-order valence-corrected chi connectivity index (χ1v) is 6.40. The van der Waals surface area contributed by atoms with Crippen LogP contribution in [-0.2, 0) is 19.3 Å². The molecule has 0 aliphatic heterocycles. The fraction of sp³-hybridized carbons (Fsp3) is 0.455. The predicted molar refractivity (Wildman–Crippen MR) is 64.1 cm³/mol. The highest BCUT2D eigenvalue weighted by Gasteiger charge is 2.37. The van der Waals surface area contributed by atoms with Gasteiger partial charge in [-0.2, -0.15) is 18.3 Å². The van der Waals surface area contributed by atoms with Crippen molar-refractivity contribution in [3.8, 4) is 5.75 Å². The van der Waals surface area contributed by atoms with Crippen molar-refractivity contribution in [3.63, 3.8) is 0 Å². The van der Waals surface area contributed by atoms with Crippen molar-refractivity contribution < 1.29 is 17.9 Å². The largest absolute Gasteiger partial charge is 0.485 e. The Hall–Kier alpha value is -1.57.